The average Bonchev–Trinajstić information content (AvgIpc) is 3.61. The van der Waals surface area contributed by atoms with Crippen molar-refractivity contribution in [1.82, 2.24) is 14.8 Å². The summed E-state index contributed by atoms with van der Waals surface area (Å²) in [5.41, 5.74) is 2.41. The maximum absolute atomic E-state index is 13.5. The SMILES string of the molecule is Cc1nn(-c2ccccn2)c2c1[C@@H](c1ccco1)N1C(=N2)C(Nc2cccc(C(F)(F)F)c2)=Nc2ccccc21. The second-order valence-corrected chi connectivity index (χ2v) is 9.30. The van der Waals surface area contributed by atoms with E-state index in [9.17, 15) is 13.2 Å². The van der Waals surface area contributed by atoms with E-state index in [1.165, 1.54) is 6.07 Å². The average molecular weight is 540 g/mol. The number of anilines is 2. The number of nitrogens with zero attached hydrogens (tertiary/aromatic N) is 6. The number of amidine groups is 2. The Labute approximate surface area is 226 Å². The van der Waals surface area contributed by atoms with Crippen molar-refractivity contribution in [2.24, 2.45) is 9.98 Å². The van der Waals surface area contributed by atoms with Crippen LogP contribution in [0, 0.1) is 6.92 Å². The van der Waals surface area contributed by atoms with E-state index in [1.807, 2.05) is 66.4 Å². The van der Waals surface area contributed by atoms with Crippen LogP contribution in [0.5, 0.6) is 0 Å². The predicted octanol–water partition coefficient (Wildman–Crippen LogP) is 6.98. The summed E-state index contributed by atoms with van der Waals surface area (Å²) in [6, 6.07) is 21.2. The molecule has 0 amide bonds. The lowest BCUT2D eigenvalue weighted by atomic mass is 9.98. The highest BCUT2D eigenvalue weighted by Gasteiger charge is 2.43. The van der Waals surface area contributed by atoms with Crippen LogP contribution in [0.2, 0.25) is 0 Å². The lowest BCUT2D eigenvalue weighted by Crippen LogP contribution is -2.46. The monoisotopic (exact) mass is 539 g/mol. The van der Waals surface area contributed by atoms with E-state index in [4.69, 9.17) is 19.5 Å². The first-order valence-corrected chi connectivity index (χ1v) is 12.4. The number of aromatic nitrogens is 3. The number of nitrogens with one attached hydrogen (secondary N) is 1. The Balaban J connectivity index is 1.46. The molecule has 2 aliphatic heterocycles. The third kappa shape index (κ3) is 3.85. The van der Waals surface area contributed by atoms with E-state index in [1.54, 1.807) is 23.2 Å². The van der Waals surface area contributed by atoms with Crippen LogP contribution in [0.3, 0.4) is 0 Å². The van der Waals surface area contributed by atoms with Crippen LogP contribution in [0.1, 0.15) is 28.6 Å². The van der Waals surface area contributed by atoms with Crippen molar-refractivity contribution in [1.29, 1.82) is 0 Å². The van der Waals surface area contributed by atoms with Crippen LogP contribution in [-0.4, -0.2) is 26.4 Å². The summed E-state index contributed by atoms with van der Waals surface area (Å²) in [5.74, 6) is 2.44. The highest BCUT2D eigenvalue weighted by molar-refractivity contribution is 6.51. The lowest BCUT2D eigenvalue weighted by Gasteiger charge is -2.39. The highest BCUT2D eigenvalue weighted by Crippen LogP contribution is 2.48. The molecule has 7 rings (SSSR count). The molecule has 11 heteroatoms. The quantitative estimate of drug-likeness (QED) is 0.267. The van der Waals surface area contributed by atoms with Gasteiger partial charge >= 0.3 is 6.18 Å². The molecule has 3 aromatic heterocycles. The number of para-hydroxylation sites is 2. The van der Waals surface area contributed by atoms with Crippen molar-refractivity contribution >= 4 is 34.6 Å². The zero-order valence-electron chi connectivity index (χ0n) is 21.0. The number of furan rings is 1. The molecule has 0 saturated carbocycles. The zero-order valence-corrected chi connectivity index (χ0v) is 21.0. The standard InChI is InChI=1S/C29H20F3N7O/c1-17-24-25(22-12-7-15-40-22)38-21-11-3-2-10-20(21)35-26(34-19-9-6-8-18(16-19)29(30,31)32)28(38)36-27(24)39(37-17)23-13-4-5-14-33-23/h2-16,25H,1H3,(H,34,35)/t25-/m1/s1. The van der Waals surface area contributed by atoms with Crippen molar-refractivity contribution in [3.05, 3.63) is 114 Å². The number of hydrogen-bond donors (Lipinski definition) is 1. The van der Waals surface area contributed by atoms with E-state index >= 15 is 0 Å². The number of aryl methyl sites for hydroxylation is 1. The smallest absolute Gasteiger partial charge is 0.416 e. The first-order valence-electron chi connectivity index (χ1n) is 12.4. The second-order valence-electron chi connectivity index (χ2n) is 9.30. The second kappa shape index (κ2) is 8.94. The number of fused-ring (bicyclic) bond motifs is 4. The molecule has 5 heterocycles. The molecule has 1 atom stereocenters. The van der Waals surface area contributed by atoms with Gasteiger partial charge in [-0.15, -0.1) is 0 Å². The van der Waals surface area contributed by atoms with Crippen LogP contribution in [0.4, 0.5) is 36.1 Å². The molecule has 0 aliphatic carbocycles. The Kier molecular flexibility index (Phi) is 5.34. The molecule has 0 radical (unpaired) electrons. The number of halogens is 3. The Morgan fingerprint density at radius 3 is 2.55 bits per heavy atom. The largest absolute Gasteiger partial charge is 0.467 e. The molecule has 0 fully saturated rings. The summed E-state index contributed by atoms with van der Waals surface area (Å²) < 4.78 is 48.0. The number of alkyl halides is 3. The third-order valence-electron chi connectivity index (χ3n) is 6.77. The van der Waals surface area contributed by atoms with Gasteiger partial charge in [-0.2, -0.15) is 23.0 Å². The van der Waals surface area contributed by atoms with Crippen LogP contribution >= 0.6 is 0 Å². The minimum absolute atomic E-state index is 0.227. The molecule has 0 saturated heterocycles. The molecule has 2 aliphatic rings. The van der Waals surface area contributed by atoms with Crippen molar-refractivity contribution in [3.8, 4) is 5.82 Å². The number of rotatable bonds is 3. The Morgan fingerprint density at radius 1 is 0.925 bits per heavy atom. The Morgan fingerprint density at radius 2 is 1.77 bits per heavy atom. The Hall–Kier alpha value is -5.19. The Bertz CT molecular complexity index is 1790. The molecule has 0 spiro atoms. The van der Waals surface area contributed by atoms with Gasteiger partial charge in [0.25, 0.3) is 0 Å². The third-order valence-corrected chi connectivity index (χ3v) is 6.77. The summed E-state index contributed by atoms with van der Waals surface area (Å²) in [5, 5.41) is 7.88. The van der Waals surface area contributed by atoms with Crippen molar-refractivity contribution in [2.45, 2.75) is 19.1 Å². The zero-order chi connectivity index (χ0) is 27.4. The number of pyridine rings is 1. The predicted molar refractivity (Wildman–Crippen MR) is 145 cm³/mol. The van der Waals surface area contributed by atoms with Gasteiger partial charge in [-0.25, -0.2) is 15.0 Å². The van der Waals surface area contributed by atoms with Crippen LogP contribution in [0.25, 0.3) is 5.82 Å². The molecule has 0 unspecified atom stereocenters. The fourth-order valence-corrected chi connectivity index (χ4v) is 5.06. The molecule has 2 aromatic carbocycles. The van der Waals surface area contributed by atoms with Crippen LogP contribution in [0.15, 0.2) is 106 Å². The summed E-state index contributed by atoms with van der Waals surface area (Å²) in [6.07, 6.45) is -1.21. The topological polar surface area (TPSA) is 83.8 Å². The van der Waals surface area contributed by atoms with E-state index in [2.05, 4.69) is 10.3 Å². The lowest BCUT2D eigenvalue weighted by molar-refractivity contribution is -0.137. The summed E-state index contributed by atoms with van der Waals surface area (Å²) in [7, 11) is 0. The maximum atomic E-state index is 13.5. The fraction of sp³-hybridized carbons (Fsp3) is 0.103. The molecule has 5 aromatic rings. The van der Waals surface area contributed by atoms with Crippen molar-refractivity contribution < 1.29 is 17.6 Å². The van der Waals surface area contributed by atoms with E-state index < -0.39 is 17.8 Å². The number of hydrogen-bond acceptors (Lipinski definition) is 7. The van der Waals surface area contributed by atoms with Crippen LogP contribution in [-0.2, 0) is 6.18 Å². The molecule has 40 heavy (non-hydrogen) atoms. The van der Waals surface area contributed by atoms with Crippen molar-refractivity contribution in [2.75, 3.05) is 10.2 Å². The van der Waals surface area contributed by atoms with Crippen molar-refractivity contribution in [3.63, 3.8) is 0 Å². The van der Waals surface area contributed by atoms with Gasteiger partial charge in [-0.3, -0.25) is 0 Å². The highest BCUT2D eigenvalue weighted by atomic mass is 19.4. The molecule has 0 bridgehead atoms. The minimum Gasteiger partial charge on any atom is -0.467 e. The molecular weight excluding hydrogens is 519 g/mol. The van der Waals surface area contributed by atoms with Gasteiger partial charge in [0.1, 0.15) is 11.8 Å². The van der Waals surface area contributed by atoms with Gasteiger partial charge in [0.2, 0.25) is 0 Å². The van der Waals surface area contributed by atoms with E-state index in [-0.39, 0.29) is 11.5 Å². The van der Waals surface area contributed by atoms with Gasteiger partial charge in [0.05, 0.1) is 34.5 Å². The molecule has 1 N–H and O–H groups in total. The number of benzene rings is 2. The van der Waals surface area contributed by atoms with E-state index in [0.29, 0.717) is 28.9 Å². The fourth-order valence-electron chi connectivity index (χ4n) is 5.06. The van der Waals surface area contributed by atoms with E-state index in [0.717, 1.165) is 29.1 Å². The van der Waals surface area contributed by atoms with Gasteiger partial charge in [-0.1, -0.05) is 24.3 Å². The molecule has 198 valence electrons. The summed E-state index contributed by atoms with van der Waals surface area (Å²) in [6.45, 7) is 1.90. The van der Waals surface area contributed by atoms with Crippen LogP contribution < -0.4 is 10.2 Å². The first-order chi connectivity index (χ1) is 19.4. The number of aliphatic imine (C=N–C) groups is 2. The first kappa shape index (κ1) is 23.9. The van der Waals surface area contributed by atoms with Gasteiger partial charge in [0.15, 0.2) is 23.3 Å². The summed E-state index contributed by atoms with van der Waals surface area (Å²) >= 11 is 0. The maximum Gasteiger partial charge on any atom is 0.416 e. The summed E-state index contributed by atoms with van der Waals surface area (Å²) in [4.78, 5) is 16.3. The minimum atomic E-state index is -4.49. The molecular formula is C29H20F3N7O. The van der Waals surface area contributed by atoms with Gasteiger partial charge in [-0.05, 0) is 61.5 Å². The normalized spacial score (nSPS) is 16.0. The molecule has 8 nitrogen and oxygen atoms in total. The van der Waals surface area contributed by atoms with Gasteiger partial charge < -0.3 is 14.6 Å². The van der Waals surface area contributed by atoms with Gasteiger partial charge in [0, 0.05) is 11.9 Å².